The quantitative estimate of drug-likeness (QED) is 0.510. The molecule has 2 saturated carbocycles. The zero-order valence-electron chi connectivity index (χ0n) is 15.5. The molecule has 0 amide bonds. The van der Waals surface area contributed by atoms with Crippen LogP contribution in [0.15, 0.2) is 30.3 Å². The third-order valence-electron chi connectivity index (χ3n) is 6.71. The summed E-state index contributed by atoms with van der Waals surface area (Å²) in [5.74, 6) is 3.52. The third kappa shape index (κ3) is 5.15. The lowest BCUT2D eigenvalue weighted by atomic mass is 9.68. The lowest BCUT2D eigenvalue weighted by Crippen LogP contribution is -2.25. The standard InChI is InChI=1S/C23H32F2/c1-2-3-17-4-8-19(9-5-17)21-12-14-22(15-13-21)20-10-6-18(7-11-20)16-23(24)25/h6-7,10-11,16-17,19,21-22H,2-5,8-9,12-15H2,1H3/t17-,19-,21-,22-. The number of hydrogen-bond acceptors (Lipinski definition) is 0. The predicted octanol–water partition coefficient (Wildman–Crippen LogP) is 7.80. The maximum Gasteiger partial charge on any atom is 0.270 e. The van der Waals surface area contributed by atoms with Crippen LogP contribution >= 0.6 is 0 Å². The van der Waals surface area contributed by atoms with Crippen LogP contribution in [-0.2, 0) is 0 Å². The van der Waals surface area contributed by atoms with Gasteiger partial charge in [0.15, 0.2) is 0 Å². The summed E-state index contributed by atoms with van der Waals surface area (Å²) in [4.78, 5) is 0. The molecular formula is C23H32F2. The van der Waals surface area contributed by atoms with Crippen molar-refractivity contribution in [2.24, 2.45) is 17.8 Å². The second kappa shape index (κ2) is 8.96. The molecule has 2 heteroatoms. The van der Waals surface area contributed by atoms with Gasteiger partial charge in [0.1, 0.15) is 0 Å². The van der Waals surface area contributed by atoms with Gasteiger partial charge in [-0.1, -0.05) is 56.9 Å². The van der Waals surface area contributed by atoms with E-state index < -0.39 is 6.08 Å². The Bertz CT molecular complexity index is 540. The van der Waals surface area contributed by atoms with Gasteiger partial charge in [0, 0.05) is 6.08 Å². The van der Waals surface area contributed by atoms with Crippen LogP contribution in [0.4, 0.5) is 8.78 Å². The molecule has 2 aliphatic carbocycles. The predicted molar refractivity (Wildman–Crippen MR) is 102 cm³/mol. The summed E-state index contributed by atoms with van der Waals surface area (Å²) in [6.45, 7) is 2.31. The van der Waals surface area contributed by atoms with Crippen LogP contribution in [-0.4, -0.2) is 0 Å². The molecule has 0 N–H and O–H groups in total. The molecule has 0 bridgehead atoms. The van der Waals surface area contributed by atoms with Gasteiger partial charge in [-0.25, -0.2) is 0 Å². The Morgan fingerprint density at radius 2 is 1.44 bits per heavy atom. The van der Waals surface area contributed by atoms with Gasteiger partial charge in [0.05, 0.1) is 0 Å². The van der Waals surface area contributed by atoms with Crippen molar-refractivity contribution >= 4 is 6.08 Å². The minimum absolute atomic E-state index is 0.598. The first-order chi connectivity index (χ1) is 12.2. The fraction of sp³-hybridized carbons (Fsp3) is 0.652. The maximum atomic E-state index is 12.3. The Balaban J connectivity index is 1.48. The molecule has 0 saturated heterocycles. The summed E-state index contributed by atoms with van der Waals surface area (Å²) in [6, 6.07) is 7.76. The molecule has 1 aromatic carbocycles. The van der Waals surface area contributed by atoms with Crippen LogP contribution in [0.3, 0.4) is 0 Å². The van der Waals surface area contributed by atoms with E-state index in [1.807, 2.05) is 12.1 Å². The zero-order chi connectivity index (χ0) is 17.6. The van der Waals surface area contributed by atoms with E-state index in [4.69, 9.17) is 0 Å². The van der Waals surface area contributed by atoms with E-state index in [-0.39, 0.29) is 0 Å². The van der Waals surface area contributed by atoms with Crippen molar-refractivity contribution in [2.45, 2.75) is 77.0 Å². The third-order valence-corrected chi connectivity index (χ3v) is 6.71. The molecule has 25 heavy (non-hydrogen) atoms. The van der Waals surface area contributed by atoms with Gasteiger partial charge in [-0.15, -0.1) is 0 Å². The Hall–Kier alpha value is -1.18. The van der Waals surface area contributed by atoms with E-state index in [0.717, 1.165) is 23.8 Å². The average Bonchev–Trinajstić information content (AvgIpc) is 2.63. The van der Waals surface area contributed by atoms with E-state index in [1.165, 1.54) is 69.8 Å². The number of halogens is 2. The number of rotatable bonds is 5. The van der Waals surface area contributed by atoms with E-state index in [0.29, 0.717) is 11.5 Å². The normalized spacial score (nSPS) is 30.0. The first-order valence-electron chi connectivity index (χ1n) is 10.3. The van der Waals surface area contributed by atoms with Crippen LogP contribution in [0.1, 0.15) is 88.2 Å². The summed E-state index contributed by atoms with van der Waals surface area (Å²) >= 11 is 0. The van der Waals surface area contributed by atoms with Crippen molar-refractivity contribution in [3.05, 3.63) is 41.5 Å². The Labute approximate surface area is 151 Å². The molecule has 0 aliphatic heterocycles. The van der Waals surface area contributed by atoms with Crippen LogP contribution in [0.2, 0.25) is 0 Å². The molecule has 0 unspecified atom stereocenters. The fourth-order valence-corrected chi connectivity index (χ4v) is 5.27. The molecule has 0 nitrogen and oxygen atoms in total. The number of hydrogen-bond donors (Lipinski definition) is 0. The van der Waals surface area contributed by atoms with Crippen molar-refractivity contribution in [3.8, 4) is 0 Å². The fourth-order valence-electron chi connectivity index (χ4n) is 5.27. The Morgan fingerprint density at radius 3 is 1.96 bits per heavy atom. The Kier molecular flexibility index (Phi) is 6.67. The lowest BCUT2D eigenvalue weighted by molar-refractivity contribution is 0.156. The highest BCUT2D eigenvalue weighted by Gasteiger charge is 2.30. The van der Waals surface area contributed by atoms with E-state index >= 15 is 0 Å². The van der Waals surface area contributed by atoms with E-state index in [1.54, 1.807) is 0 Å². The van der Waals surface area contributed by atoms with Crippen molar-refractivity contribution in [3.63, 3.8) is 0 Å². The minimum Gasteiger partial charge on any atom is -0.173 e. The molecule has 0 atom stereocenters. The molecule has 0 heterocycles. The average molecular weight is 347 g/mol. The van der Waals surface area contributed by atoms with Gasteiger partial charge in [-0.05, 0) is 73.3 Å². The molecule has 0 aromatic heterocycles. The SMILES string of the molecule is CCC[C@H]1CC[C@H]([C@H]2CC[C@H](c3ccc(C=C(F)F)cc3)CC2)CC1. The van der Waals surface area contributed by atoms with Crippen LogP contribution in [0, 0.1) is 17.8 Å². The highest BCUT2D eigenvalue weighted by Crippen LogP contribution is 2.44. The van der Waals surface area contributed by atoms with Gasteiger partial charge in [-0.3, -0.25) is 0 Å². The Morgan fingerprint density at radius 1 is 0.880 bits per heavy atom. The second-order valence-corrected chi connectivity index (χ2v) is 8.28. The highest BCUT2D eigenvalue weighted by atomic mass is 19.3. The molecule has 2 aliphatic rings. The monoisotopic (exact) mass is 346 g/mol. The minimum atomic E-state index is -1.62. The topological polar surface area (TPSA) is 0 Å². The van der Waals surface area contributed by atoms with Gasteiger partial charge < -0.3 is 0 Å². The summed E-state index contributed by atoms with van der Waals surface area (Å²) in [5.41, 5.74) is 1.93. The van der Waals surface area contributed by atoms with Crippen LogP contribution < -0.4 is 0 Å². The van der Waals surface area contributed by atoms with Gasteiger partial charge in [0.25, 0.3) is 6.08 Å². The summed E-state index contributed by atoms with van der Waals surface area (Å²) in [6.07, 6.45) is 13.2. The molecule has 1 aromatic rings. The van der Waals surface area contributed by atoms with Gasteiger partial charge in [-0.2, -0.15) is 8.78 Å². The van der Waals surface area contributed by atoms with E-state index in [9.17, 15) is 8.78 Å². The first kappa shape index (κ1) is 18.6. The van der Waals surface area contributed by atoms with E-state index in [2.05, 4.69) is 19.1 Å². The van der Waals surface area contributed by atoms with Gasteiger partial charge in [0.2, 0.25) is 0 Å². The largest absolute Gasteiger partial charge is 0.270 e. The molecule has 0 radical (unpaired) electrons. The van der Waals surface area contributed by atoms with Crippen molar-refractivity contribution in [1.82, 2.24) is 0 Å². The number of benzene rings is 1. The molecule has 3 rings (SSSR count). The summed E-state index contributed by atoms with van der Waals surface area (Å²) < 4.78 is 24.6. The van der Waals surface area contributed by atoms with Crippen molar-refractivity contribution in [1.29, 1.82) is 0 Å². The molecule has 138 valence electrons. The van der Waals surface area contributed by atoms with Crippen LogP contribution in [0.5, 0.6) is 0 Å². The maximum absolute atomic E-state index is 12.3. The summed E-state index contributed by atoms with van der Waals surface area (Å²) in [5, 5.41) is 0. The highest BCUT2D eigenvalue weighted by molar-refractivity contribution is 5.50. The zero-order valence-corrected chi connectivity index (χ0v) is 15.5. The van der Waals surface area contributed by atoms with Gasteiger partial charge >= 0.3 is 0 Å². The molecular weight excluding hydrogens is 314 g/mol. The molecule has 2 fully saturated rings. The van der Waals surface area contributed by atoms with Crippen molar-refractivity contribution < 1.29 is 8.78 Å². The second-order valence-electron chi connectivity index (χ2n) is 8.28. The smallest absolute Gasteiger partial charge is 0.173 e. The first-order valence-corrected chi connectivity index (χ1v) is 10.3. The lowest BCUT2D eigenvalue weighted by Gasteiger charge is -2.38. The summed E-state index contributed by atoms with van der Waals surface area (Å²) in [7, 11) is 0. The van der Waals surface area contributed by atoms with Crippen molar-refractivity contribution in [2.75, 3.05) is 0 Å². The molecule has 0 spiro atoms. The van der Waals surface area contributed by atoms with Crippen LogP contribution in [0.25, 0.3) is 6.08 Å².